The molecule has 0 aliphatic heterocycles. The standard InChI is InChI=1S/C20H14F5N3O2S/c1-30-13-5-2-11(3-6-13)16-9-17(20(23,24)25)28-19(27-16)31-10-18(29)26-15-7-4-12(21)8-14(15)22/h2-9H,10H2,1H3,(H,26,29). The fraction of sp³-hybridized carbons (Fsp3) is 0.150. The van der Waals surface area contributed by atoms with Gasteiger partial charge in [0.05, 0.1) is 24.2 Å². The molecule has 0 bridgehead atoms. The van der Waals surface area contributed by atoms with E-state index in [1.807, 2.05) is 0 Å². The summed E-state index contributed by atoms with van der Waals surface area (Å²) in [5, 5.41) is 1.94. The van der Waals surface area contributed by atoms with Crippen LogP contribution in [0.5, 0.6) is 5.75 Å². The van der Waals surface area contributed by atoms with Gasteiger partial charge in [-0.05, 0) is 42.5 Å². The molecule has 0 aliphatic carbocycles. The summed E-state index contributed by atoms with van der Waals surface area (Å²) < 4.78 is 71.4. The Morgan fingerprint density at radius 2 is 1.77 bits per heavy atom. The summed E-state index contributed by atoms with van der Waals surface area (Å²) in [5.74, 6) is -2.38. The normalized spacial score (nSPS) is 11.3. The van der Waals surface area contributed by atoms with Crippen LogP contribution in [0.15, 0.2) is 53.7 Å². The van der Waals surface area contributed by atoms with E-state index in [0.29, 0.717) is 29.1 Å². The first kappa shape index (κ1) is 22.5. The number of halogens is 5. The van der Waals surface area contributed by atoms with E-state index >= 15 is 0 Å². The lowest BCUT2D eigenvalue weighted by Crippen LogP contribution is -2.16. The molecule has 1 aromatic heterocycles. The molecule has 0 spiro atoms. The summed E-state index contributed by atoms with van der Waals surface area (Å²) in [6, 6.07) is 9.63. The van der Waals surface area contributed by atoms with Crippen LogP contribution in [0.1, 0.15) is 5.69 Å². The molecule has 1 amide bonds. The zero-order valence-electron chi connectivity index (χ0n) is 15.8. The summed E-state index contributed by atoms with van der Waals surface area (Å²) in [6.45, 7) is 0. The minimum Gasteiger partial charge on any atom is -0.497 e. The largest absolute Gasteiger partial charge is 0.497 e. The number of benzene rings is 2. The van der Waals surface area contributed by atoms with Crippen molar-refractivity contribution in [2.75, 3.05) is 18.2 Å². The first-order valence-electron chi connectivity index (χ1n) is 8.64. The van der Waals surface area contributed by atoms with E-state index in [4.69, 9.17) is 4.74 Å². The lowest BCUT2D eigenvalue weighted by atomic mass is 10.1. The van der Waals surface area contributed by atoms with Gasteiger partial charge in [-0.3, -0.25) is 4.79 Å². The first-order valence-corrected chi connectivity index (χ1v) is 9.62. The first-order chi connectivity index (χ1) is 14.7. The third kappa shape index (κ3) is 5.91. The van der Waals surface area contributed by atoms with Crippen molar-refractivity contribution in [1.82, 2.24) is 9.97 Å². The molecule has 0 aliphatic rings. The average molecular weight is 455 g/mol. The summed E-state index contributed by atoms with van der Waals surface area (Å²) in [7, 11) is 1.46. The SMILES string of the molecule is COc1ccc(-c2cc(C(F)(F)F)nc(SCC(=O)Nc3ccc(F)cc3F)n2)cc1. The maximum absolute atomic E-state index is 13.6. The molecule has 2 aromatic carbocycles. The van der Waals surface area contributed by atoms with Gasteiger partial charge in [0.2, 0.25) is 5.91 Å². The van der Waals surface area contributed by atoms with Crippen LogP contribution in [-0.4, -0.2) is 28.7 Å². The van der Waals surface area contributed by atoms with Crippen LogP contribution in [0.4, 0.5) is 27.6 Å². The number of nitrogens with zero attached hydrogens (tertiary/aromatic N) is 2. The molecule has 0 atom stereocenters. The number of amides is 1. The van der Waals surface area contributed by atoms with E-state index in [1.165, 1.54) is 7.11 Å². The monoisotopic (exact) mass is 455 g/mol. The van der Waals surface area contributed by atoms with Crippen molar-refractivity contribution >= 4 is 23.4 Å². The molecule has 162 valence electrons. The molecule has 3 rings (SSSR count). The van der Waals surface area contributed by atoms with Gasteiger partial charge in [0, 0.05) is 11.6 Å². The van der Waals surface area contributed by atoms with Crippen molar-refractivity contribution in [3.63, 3.8) is 0 Å². The second-order valence-electron chi connectivity index (χ2n) is 6.11. The third-order valence-corrected chi connectivity index (χ3v) is 4.77. The van der Waals surface area contributed by atoms with Gasteiger partial charge in [-0.25, -0.2) is 18.7 Å². The average Bonchev–Trinajstić information content (AvgIpc) is 2.73. The highest BCUT2D eigenvalue weighted by Crippen LogP contribution is 2.32. The predicted octanol–water partition coefficient (Wildman–Crippen LogP) is 5.18. The number of alkyl halides is 3. The van der Waals surface area contributed by atoms with Crippen LogP contribution in [0.2, 0.25) is 0 Å². The van der Waals surface area contributed by atoms with Crippen molar-refractivity contribution < 1.29 is 31.5 Å². The molecular formula is C20H14F5N3O2S. The van der Waals surface area contributed by atoms with Crippen molar-refractivity contribution in [2.24, 2.45) is 0 Å². The number of nitrogens with one attached hydrogen (secondary N) is 1. The van der Waals surface area contributed by atoms with Crippen LogP contribution < -0.4 is 10.1 Å². The Kier molecular flexibility index (Phi) is 6.74. The molecule has 0 saturated heterocycles. The fourth-order valence-electron chi connectivity index (χ4n) is 2.45. The van der Waals surface area contributed by atoms with Crippen LogP contribution in [0.25, 0.3) is 11.3 Å². The van der Waals surface area contributed by atoms with Crippen LogP contribution in [-0.2, 0) is 11.0 Å². The van der Waals surface area contributed by atoms with Gasteiger partial charge >= 0.3 is 6.18 Å². The summed E-state index contributed by atoms with van der Waals surface area (Å²) >= 11 is 0.648. The predicted molar refractivity (Wildman–Crippen MR) is 105 cm³/mol. The second-order valence-corrected chi connectivity index (χ2v) is 7.05. The van der Waals surface area contributed by atoms with Gasteiger partial charge in [-0.2, -0.15) is 13.2 Å². The lowest BCUT2D eigenvalue weighted by molar-refractivity contribution is -0.141. The molecule has 0 radical (unpaired) electrons. The second kappa shape index (κ2) is 9.29. The van der Waals surface area contributed by atoms with Crippen molar-refractivity contribution in [3.05, 3.63) is 65.9 Å². The number of methoxy groups -OCH3 is 1. The zero-order chi connectivity index (χ0) is 22.6. The van der Waals surface area contributed by atoms with Gasteiger partial charge < -0.3 is 10.1 Å². The summed E-state index contributed by atoms with van der Waals surface area (Å²) in [6.07, 6.45) is -4.72. The van der Waals surface area contributed by atoms with E-state index in [2.05, 4.69) is 15.3 Å². The van der Waals surface area contributed by atoms with Gasteiger partial charge in [-0.15, -0.1) is 0 Å². The molecule has 0 saturated carbocycles. The Balaban J connectivity index is 1.80. The van der Waals surface area contributed by atoms with Crippen molar-refractivity contribution in [1.29, 1.82) is 0 Å². The number of thioether (sulfide) groups is 1. The highest BCUT2D eigenvalue weighted by molar-refractivity contribution is 7.99. The minimum atomic E-state index is -4.72. The van der Waals surface area contributed by atoms with Crippen molar-refractivity contribution in [2.45, 2.75) is 11.3 Å². The van der Waals surface area contributed by atoms with E-state index < -0.39 is 29.4 Å². The number of aromatic nitrogens is 2. The molecule has 31 heavy (non-hydrogen) atoms. The highest BCUT2D eigenvalue weighted by Gasteiger charge is 2.34. The smallest absolute Gasteiger partial charge is 0.433 e. The Labute approximate surface area is 177 Å². The number of rotatable bonds is 6. The Bertz CT molecular complexity index is 1090. The number of hydrogen-bond donors (Lipinski definition) is 1. The number of anilines is 1. The Morgan fingerprint density at radius 3 is 2.39 bits per heavy atom. The van der Waals surface area contributed by atoms with Gasteiger partial charge in [0.25, 0.3) is 0 Å². The molecule has 0 fully saturated rings. The minimum absolute atomic E-state index is 0.0115. The Hall–Kier alpha value is -3.21. The molecule has 11 heteroatoms. The van der Waals surface area contributed by atoms with Gasteiger partial charge in [0.1, 0.15) is 23.1 Å². The highest BCUT2D eigenvalue weighted by atomic mass is 32.2. The maximum atomic E-state index is 13.6. The number of ether oxygens (including phenoxy) is 1. The molecular weight excluding hydrogens is 441 g/mol. The topological polar surface area (TPSA) is 64.1 Å². The third-order valence-electron chi connectivity index (χ3n) is 3.92. The van der Waals surface area contributed by atoms with Crippen LogP contribution in [0, 0.1) is 11.6 Å². The molecule has 1 heterocycles. The number of carbonyl (C=O) groups excluding carboxylic acids is 1. The lowest BCUT2D eigenvalue weighted by Gasteiger charge is -2.11. The number of carbonyl (C=O) groups is 1. The van der Waals surface area contributed by atoms with Gasteiger partial charge in [-0.1, -0.05) is 11.8 Å². The van der Waals surface area contributed by atoms with E-state index in [0.717, 1.165) is 18.2 Å². The zero-order valence-corrected chi connectivity index (χ0v) is 16.7. The molecule has 0 unspecified atom stereocenters. The van der Waals surface area contributed by atoms with Crippen LogP contribution >= 0.6 is 11.8 Å². The maximum Gasteiger partial charge on any atom is 0.433 e. The summed E-state index contributed by atoms with van der Waals surface area (Å²) in [5.41, 5.74) is -1.01. The Morgan fingerprint density at radius 1 is 1.06 bits per heavy atom. The van der Waals surface area contributed by atoms with E-state index in [1.54, 1.807) is 24.3 Å². The van der Waals surface area contributed by atoms with Crippen LogP contribution in [0.3, 0.4) is 0 Å². The quantitative estimate of drug-likeness (QED) is 0.315. The van der Waals surface area contributed by atoms with Crippen molar-refractivity contribution in [3.8, 4) is 17.0 Å². The number of hydrogen-bond acceptors (Lipinski definition) is 5. The molecule has 1 N–H and O–H groups in total. The molecule has 3 aromatic rings. The molecule has 5 nitrogen and oxygen atoms in total. The summed E-state index contributed by atoms with van der Waals surface area (Å²) in [4.78, 5) is 19.6. The van der Waals surface area contributed by atoms with E-state index in [-0.39, 0.29) is 22.3 Å². The van der Waals surface area contributed by atoms with E-state index in [9.17, 15) is 26.7 Å². The van der Waals surface area contributed by atoms with Gasteiger partial charge in [0.15, 0.2) is 5.16 Å². The fourth-order valence-corrected chi connectivity index (χ4v) is 3.11.